The van der Waals surface area contributed by atoms with Crippen LogP contribution in [0.2, 0.25) is 0 Å². The first kappa shape index (κ1) is 28.1. The summed E-state index contributed by atoms with van der Waals surface area (Å²) < 4.78 is 5.49. The van der Waals surface area contributed by atoms with E-state index < -0.39 is 41.1 Å². The van der Waals surface area contributed by atoms with Gasteiger partial charge in [-0.1, -0.05) is 44.2 Å². The minimum absolute atomic E-state index is 0.0906. The van der Waals surface area contributed by atoms with Gasteiger partial charge in [-0.15, -0.1) is 0 Å². The lowest BCUT2D eigenvalue weighted by Gasteiger charge is -2.42. The molecule has 1 aromatic carbocycles. The van der Waals surface area contributed by atoms with Crippen molar-refractivity contribution in [1.29, 1.82) is 0 Å². The fourth-order valence-corrected chi connectivity index (χ4v) is 4.18. The maximum absolute atomic E-state index is 13.8. The Bertz CT molecular complexity index is 901. The summed E-state index contributed by atoms with van der Waals surface area (Å²) in [4.78, 5) is 52.1. The summed E-state index contributed by atoms with van der Waals surface area (Å²) in [5, 5.41) is 14.5. The molecule has 0 saturated carbocycles. The van der Waals surface area contributed by atoms with Gasteiger partial charge in [0.15, 0.2) is 0 Å². The molecular formula is C26H39N3O6. The Balaban J connectivity index is 2.27. The largest absolute Gasteiger partial charge is 0.480 e. The normalized spacial score (nSPS) is 17.3. The van der Waals surface area contributed by atoms with Crippen LogP contribution < -0.4 is 10.6 Å². The molecule has 35 heavy (non-hydrogen) atoms. The zero-order chi connectivity index (χ0) is 26.4. The molecule has 9 heteroatoms. The summed E-state index contributed by atoms with van der Waals surface area (Å²) in [6.07, 6.45) is 0.672. The lowest BCUT2D eigenvalue weighted by Crippen LogP contribution is -2.58. The number of aliphatic carboxylic acids is 1. The highest BCUT2D eigenvalue weighted by molar-refractivity contribution is 5.94. The zero-order valence-corrected chi connectivity index (χ0v) is 21.6. The SMILES string of the molecule is CC(C)C[C@H](NC(=O)C1(c2ccccc2)CCN(C(=O)OC(C)(C)C)CC1)C(=O)N[C@@H](C)C(=O)O. The number of nitrogens with zero attached hydrogens (tertiary/aromatic N) is 1. The number of likely N-dealkylation sites (tertiary alicyclic amines) is 1. The smallest absolute Gasteiger partial charge is 0.410 e. The number of benzene rings is 1. The summed E-state index contributed by atoms with van der Waals surface area (Å²) in [7, 11) is 0. The van der Waals surface area contributed by atoms with Gasteiger partial charge in [0.2, 0.25) is 11.8 Å². The third-order valence-corrected chi connectivity index (χ3v) is 6.09. The predicted octanol–water partition coefficient (Wildman–Crippen LogP) is 3.08. The number of hydrogen-bond donors (Lipinski definition) is 3. The number of carbonyl (C=O) groups excluding carboxylic acids is 3. The van der Waals surface area contributed by atoms with Crippen molar-refractivity contribution in [2.24, 2.45) is 5.92 Å². The highest BCUT2D eigenvalue weighted by Gasteiger charge is 2.45. The maximum atomic E-state index is 13.8. The number of rotatable bonds is 8. The molecule has 0 aliphatic carbocycles. The van der Waals surface area contributed by atoms with Crippen molar-refractivity contribution in [3.8, 4) is 0 Å². The van der Waals surface area contributed by atoms with Crippen LogP contribution in [0.3, 0.4) is 0 Å². The molecular weight excluding hydrogens is 450 g/mol. The average Bonchev–Trinajstić information content (AvgIpc) is 2.77. The van der Waals surface area contributed by atoms with Crippen LogP contribution in [-0.4, -0.2) is 64.7 Å². The van der Waals surface area contributed by atoms with E-state index in [0.29, 0.717) is 32.4 Å². The number of amides is 3. The van der Waals surface area contributed by atoms with Crippen molar-refractivity contribution in [3.05, 3.63) is 35.9 Å². The second kappa shape index (κ2) is 11.6. The van der Waals surface area contributed by atoms with Gasteiger partial charge in [-0.05, 0) is 58.4 Å². The van der Waals surface area contributed by atoms with Crippen LogP contribution in [0.5, 0.6) is 0 Å². The topological polar surface area (TPSA) is 125 Å². The highest BCUT2D eigenvalue weighted by atomic mass is 16.6. The molecule has 1 saturated heterocycles. The van der Waals surface area contributed by atoms with Crippen LogP contribution in [-0.2, 0) is 24.5 Å². The number of carboxylic acid groups (broad SMARTS) is 1. The van der Waals surface area contributed by atoms with Crippen LogP contribution >= 0.6 is 0 Å². The Morgan fingerprint density at radius 3 is 2.09 bits per heavy atom. The Hall–Kier alpha value is -3.10. The van der Waals surface area contributed by atoms with E-state index in [1.807, 2.05) is 65.0 Å². The van der Waals surface area contributed by atoms with Crippen molar-refractivity contribution in [2.75, 3.05) is 13.1 Å². The van der Waals surface area contributed by atoms with Gasteiger partial charge < -0.3 is 25.4 Å². The third-order valence-electron chi connectivity index (χ3n) is 6.09. The monoisotopic (exact) mass is 489 g/mol. The number of piperidine rings is 1. The summed E-state index contributed by atoms with van der Waals surface area (Å²) >= 11 is 0. The minimum Gasteiger partial charge on any atom is -0.480 e. The van der Waals surface area contributed by atoms with Crippen LogP contribution in [0.1, 0.15) is 66.4 Å². The molecule has 1 heterocycles. The van der Waals surface area contributed by atoms with Gasteiger partial charge >= 0.3 is 12.1 Å². The Labute approximate surface area is 207 Å². The fraction of sp³-hybridized carbons (Fsp3) is 0.615. The standard InChI is InChI=1S/C26H39N3O6/c1-17(2)16-20(21(30)27-18(3)22(31)32)28-23(33)26(19-10-8-7-9-11-19)12-14-29(15-13-26)24(34)35-25(4,5)6/h7-11,17-18,20H,12-16H2,1-6H3,(H,27,30)(H,28,33)(H,31,32)/t18-,20-/m0/s1. The van der Waals surface area contributed by atoms with Crippen molar-refractivity contribution in [1.82, 2.24) is 15.5 Å². The molecule has 194 valence electrons. The van der Waals surface area contributed by atoms with Crippen LogP contribution in [0.25, 0.3) is 0 Å². The minimum atomic E-state index is -1.15. The van der Waals surface area contributed by atoms with E-state index in [1.54, 1.807) is 4.90 Å². The summed E-state index contributed by atoms with van der Waals surface area (Å²) in [6.45, 7) is 11.3. The fourth-order valence-electron chi connectivity index (χ4n) is 4.18. The molecule has 1 aliphatic rings. The zero-order valence-electron chi connectivity index (χ0n) is 21.6. The number of carboxylic acids is 1. The Morgan fingerprint density at radius 1 is 1.03 bits per heavy atom. The molecule has 1 fully saturated rings. The molecule has 0 bridgehead atoms. The van der Waals surface area contributed by atoms with Gasteiger partial charge in [0.05, 0.1) is 5.41 Å². The molecule has 9 nitrogen and oxygen atoms in total. The van der Waals surface area contributed by atoms with Gasteiger partial charge in [0.1, 0.15) is 17.7 Å². The summed E-state index contributed by atoms with van der Waals surface area (Å²) in [5.41, 5.74) is -0.746. The van der Waals surface area contributed by atoms with Crippen LogP contribution in [0, 0.1) is 5.92 Å². The second-order valence-electron chi connectivity index (χ2n) is 10.6. The van der Waals surface area contributed by atoms with E-state index in [9.17, 15) is 19.2 Å². The molecule has 1 aliphatic heterocycles. The van der Waals surface area contributed by atoms with Crippen molar-refractivity contribution in [3.63, 3.8) is 0 Å². The number of ether oxygens (including phenoxy) is 1. The van der Waals surface area contributed by atoms with Crippen molar-refractivity contribution < 1.29 is 29.0 Å². The molecule has 0 radical (unpaired) electrons. The molecule has 3 amide bonds. The molecule has 2 atom stereocenters. The quantitative estimate of drug-likeness (QED) is 0.515. The summed E-state index contributed by atoms with van der Waals surface area (Å²) in [6, 6.07) is 7.39. The van der Waals surface area contributed by atoms with Crippen molar-refractivity contribution in [2.45, 2.75) is 83.9 Å². The molecule has 3 N–H and O–H groups in total. The highest BCUT2D eigenvalue weighted by Crippen LogP contribution is 2.36. The molecule has 0 aromatic heterocycles. The molecule has 0 unspecified atom stereocenters. The van der Waals surface area contributed by atoms with Gasteiger partial charge in [0.25, 0.3) is 0 Å². The predicted molar refractivity (Wildman–Crippen MR) is 132 cm³/mol. The van der Waals surface area contributed by atoms with E-state index >= 15 is 0 Å². The Morgan fingerprint density at radius 2 is 1.60 bits per heavy atom. The Kier molecular flexibility index (Phi) is 9.29. The molecule has 2 rings (SSSR count). The van der Waals surface area contributed by atoms with Gasteiger partial charge in [-0.2, -0.15) is 0 Å². The first-order chi connectivity index (χ1) is 16.2. The molecule has 1 aromatic rings. The van der Waals surface area contributed by atoms with E-state index in [0.717, 1.165) is 5.56 Å². The van der Waals surface area contributed by atoms with E-state index in [4.69, 9.17) is 9.84 Å². The van der Waals surface area contributed by atoms with Crippen LogP contribution in [0.15, 0.2) is 30.3 Å². The second-order valence-corrected chi connectivity index (χ2v) is 10.6. The number of nitrogens with one attached hydrogen (secondary N) is 2. The van der Waals surface area contributed by atoms with Crippen molar-refractivity contribution >= 4 is 23.9 Å². The maximum Gasteiger partial charge on any atom is 0.410 e. The van der Waals surface area contributed by atoms with E-state index in [1.165, 1.54) is 6.92 Å². The lowest BCUT2D eigenvalue weighted by molar-refractivity contribution is -0.142. The summed E-state index contributed by atoms with van der Waals surface area (Å²) in [5.74, 6) is -1.90. The van der Waals surface area contributed by atoms with E-state index in [2.05, 4.69) is 10.6 Å². The van der Waals surface area contributed by atoms with E-state index in [-0.39, 0.29) is 11.8 Å². The first-order valence-electron chi connectivity index (χ1n) is 12.1. The number of carbonyl (C=O) groups is 4. The molecule has 0 spiro atoms. The van der Waals surface area contributed by atoms with Gasteiger partial charge in [-0.3, -0.25) is 14.4 Å². The lowest BCUT2D eigenvalue weighted by atomic mass is 9.71. The number of hydrogen-bond acceptors (Lipinski definition) is 5. The van der Waals surface area contributed by atoms with Gasteiger partial charge in [0, 0.05) is 13.1 Å². The third kappa shape index (κ3) is 7.70. The average molecular weight is 490 g/mol. The van der Waals surface area contributed by atoms with Crippen LogP contribution in [0.4, 0.5) is 4.79 Å². The van der Waals surface area contributed by atoms with Gasteiger partial charge in [-0.25, -0.2) is 4.79 Å². The first-order valence-corrected chi connectivity index (χ1v) is 12.1.